The third-order valence-electron chi connectivity index (χ3n) is 5.82. The van der Waals surface area contributed by atoms with Crippen LogP contribution in [-0.2, 0) is 0 Å². The number of halogens is 1. The zero-order chi connectivity index (χ0) is 19.5. The summed E-state index contributed by atoms with van der Waals surface area (Å²) < 4.78 is 13.1. The van der Waals surface area contributed by atoms with Gasteiger partial charge >= 0.3 is 0 Å². The smallest absolute Gasteiger partial charge is 0.272 e. The fourth-order valence-corrected chi connectivity index (χ4v) is 3.94. The minimum absolute atomic E-state index is 0.0405. The lowest BCUT2D eigenvalue weighted by atomic mass is 9.99. The van der Waals surface area contributed by atoms with E-state index < -0.39 is 0 Å². The van der Waals surface area contributed by atoms with E-state index in [4.69, 9.17) is 0 Å². The van der Waals surface area contributed by atoms with Crippen molar-refractivity contribution in [1.82, 2.24) is 9.88 Å². The third kappa shape index (κ3) is 4.11. The van der Waals surface area contributed by atoms with Crippen LogP contribution in [0.2, 0.25) is 0 Å². The molecule has 0 atom stereocenters. The van der Waals surface area contributed by atoms with Gasteiger partial charge < -0.3 is 14.7 Å². The Morgan fingerprint density at radius 2 is 1.57 bits per heavy atom. The molecular formula is C22H27FN4O. The van der Waals surface area contributed by atoms with Crippen LogP contribution in [0.3, 0.4) is 0 Å². The van der Waals surface area contributed by atoms with Gasteiger partial charge in [0, 0.05) is 45.0 Å². The summed E-state index contributed by atoms with van der Waals surface area (Å²) in [4.78, 5) is 23.9. The number of likely N-dealkylation sites (tertiary alicyclic amines) is 1. The molecule has 28 heavy (non-hydrogen) atoms. The number of carbonyl (C=O) groups excluding carboxylic acids is 1. The van der Waals surface area contributed by atoms with Gasteiger partial charge in [-0.3, -0.25) is 4.79 Å². The molecule has 0 radical (unpaired) electrons. The van der Waals surface area contributed by atoms with E-state index in [0.717, 1.165) is 63.6 Å². The number of rotatable bonds is 3. The number of carbonyl (C=O) groups is 1. The van der Waals surface area contributed by atoms with Crippen molar-refractivity contribution >= 4 is 17.4 Å². The molecule has 5 nitrogen and oxygen atoms in total. The van der Waals surface area contributed by atoms with E-state index in [2.05, 4.69) is 21.7 Å². The summed E-state index contributed by atoms with van der Waals surface area (Å²) in [7, 11) is 0. The lowest BCUT2D eigenvalue weighted by Gasteiger charge is -2.37. The van der Waals surface area contributed by atoms with Crippen LogP contribution in [0.15, 0.2) is 42.5 Å². The monoisotopic (exact) mass is 382 g/mol. The first kappa shape index (κ1) is 18.7. The maximum atomic E-state index is 13.1. The normalized spacial score (nSPS) is 18.4. The molecule has 0 bridgehead atoms. The molecule has 0 aliphatic carbocycles. The molecule has 0 spiro atoms. The molecule has 4 rings (SSSR count). The topological polar surface area (TPSA) is 39.7 Å². The minimum Gasteiger partial charge on any atom is -0.368 e. The first-order valence-electron chi connectivity index (χ1n) is 10.1. The fourth-order valence-electron chi connectivity index (χ4n) is 3.94. The zero-order valence-corrected chi connectivity index (χ0v) is 16.4. The lowest BCUT2D eigenvalue weighted by Crippen LogP contribution is -2.47. The van der Waals surface area contributed by atoms with E-state index in [1.165, 1.54) is 12.1 Å². The van der Waals surface area contributed by atoms with Gasteiger partial charge in [-0.1, -0.05) is 13.0 Å². The van der Waals surface area contributed by atoms with Crippen LogP contribution < -0.4 is 9.80 Å². The highest BCUT2D eigenvalue weighted by Crippen LogP contribution is 2.21. The molecule has 2 aromatic rings. The quantitative estimate of drug-likeness (QED) is 0.816. The number of aromatic nitrogens is 1. The van der Waals surface area contributed by atoms with Crippen molar-refractivity contribution < 1.29 is 9.18 Å². The van der Waals surface area contributed by atoms with E-state index in [1.54, 1.807) is 0 Å². The Hall–Kier alpha value is -2.63. The molecule has 2 aliphatic heterocycles. The maximum Gasteiger partial charge on any atom is 0.272 e. The highest BCUT2D eigenvalue weighted by molar-refractivity contribution is 5.92. The Labute approximate surface area is 165 Å². The van der Waals surface area contributed by atoms with Crippen molar-refractivity contribution in [1.29, 1.82) is 0 Å². The highest BCUT2D eigenvalue weighted by atomic mass is 19.1. The highest BCUT2D eigenvalue weighted by Gasteiger charge is 2.24. The van der Waals surface area contributed by atoms with Crippen LogP contribution in [0.5, 0.6) is 0 Å². The van der Waals surface area contributed by atoms with Gasteiger partial charge in [0.1, 0.15) is 17.3 Å². The molecule has 0 N–H and O–H groups in total. The molecular weight excluding hydrogens is 355 g/mol. The molecule has 1 aromatic heterocycles. The molecule has 2 aliphatic rings. The van der Waals surface area contributed by atoms with Crippen LogP contribution in [-0.4, -0.2) is 55.1 Å². The van der Waals surface area contributed by atoms with Gasteiger partial charge in [0.25, 0.3) is 5.91 Å². The van der Waals surface area contributed by atoms with Crippen molar-refractivity contribution in [2.45, 2.75) is 19.8 Å². The Morgan fingerprint density at radius 3 is 2.25 bits per heavy atom. The number of piperidine rings is 1. The minimum atomic E-state index is -0.212. The lowest BCUT2D eigenvalue weighted by molar-refractivity contribution is 0.0691. The summed E-state index contributed by atoms with van der Waals surface area (Å²) in [5.74, 6) is 1.38. The summed E-state index contributed by atoms with van der Waals surface area (Å²) in [5, 5.41) is 0. The Kier molecular flexibility index (Phi) is 5.46. The Bertz CT molecular complexity index is 810. The standard InChI is InChI=1S/C22H27FN4O/c1-17-9-11-27(12-10-17)22(28)20-3-2-4-21(24-20)26-15-13-25(14-16-26)19-7-5-18(23)6-8-19/h2-8,17H,9-16H2,1H3. The summed E-state index contributed by atoms with van der Waals surface area (Å²) in [6.45, 7) is 7.22. The number of benzene rings is 1. The van der Waals surface area contributed by atoms with Crippen LogP contribution in [0, 0.1) is 11.7 Å². The molecule has 1 amide bonds. The first-order valence-corrected chi connectivity index (χ1v) is 10.1. The molecule has 2 saturated heterocycles. The Balaban J connectivity index is 1.39. The predicted octanol–water partition coefficient (Wildman–Crippen LogP) is 3.42. The number of pyridine rings is 1. The second-order valence-electron chi connectivity index (χ2n) is 7.81. The van der Waals surface area contributed by atoms with E-state index in [1.807, 2.05) is 35.2 Å². The number of nitrogens with zero attached hydrogens (tertiary/aromatic N) is 4. The zero-order valence-electron chi connectivity index (χ0n) is 16.4. The second kappa shape index (κ2) is 8.17. The number of hydrogen-bond acceptors (Lipinski definition) is 4. The van der Waals surface area contributed by atoms with Gasteiger partial charge in [-0.15, -0.1) is 0 Å². The summed E-state index contributed by atoms with van der Waals surface area (Å²) in [5.41, 5.74) is 1.57. The first-order chi connectivity index (χ1) is 13.6. The van der Waals surface area contributed by atoms with Crippen molar-refractivity contribution in [3.05, 3.63) is 54.0 Å². The van der Waals surface area contributed by atoms with Crippen LogP contribution in [0.4, 0.5) is 15.9 Å². The third-order valence-corrected chi connectivity index (χ3v) is 5.82. The van der Waals surface area contributed by atoms with E-state index >= 15 is 0 Å². The number of piperazine rings is 1. The molecule has 148 valence electrons. The number of anilines is 2. The predicted molar refractivity (Wildman–Crippen MR) is 109 cm³/mol. The number of hydrogen-bond donors (Lipinski definition) is 0. The van der Waals surface area contributed by atoms with Crippen LogP contribution in [0.1, 0.15) is 30.3 Å². The van der Waals surface area contributed by atoms with E-state index in [9.17, 15) is 9.18 Å². The fraction of sp³-hybridized carbons (Fsp3) is 0.455. The van der Waals surface area contributed by atoms with Crippen LogP contribution in [0.25, 0.3) is 0 Å². The largest absolute Gasteiger partial charge is 0.368 e. The van der Waals surface area contributed by atoms with E-state index in [0.29, 0.717) is 11.6 Å². The average molecular weight is 382 g/mol. The maximum absolute atomic E-state index is 13.1. The van der Waals surface area contributed by atoms with Crippen molar-refractivity contribution in [3.8, 4) is 0 Å². The molecule has 0 unspecified atom stereocenters. The van der Waals surface area contributed by atoms with E-state index in [-0.39, 0.29) is 11.7 Å². The molecule has 1 aromatic carbocycles. The average Bonchev–Trinajstić information content (AvgIpc) is 2.75. The second-order valence-corrected chi connectivity index (χ2v) is 7.81. The SMILES string of the molecule is CC1CCN(C(=O)c2cccc(N3CCN(c4ccc(F)cc4)CC3)n2)CC1. The van der Waals surface area contributed by atoms with Gasteiger partial charge in [0.2, 0.25) is 0 Å². The van der Waals surface area contributed by atoms with Crippen molar-refractivity contribution in [2.75, 3.05) is 49.1 Å². The van der Waals surface area contributed by atoms with Crippen LogP contribution >= 0.6 is 0 Å². The van der Waals surface area contributed by atoms with Crippen molar-refractivity contribution in [2.24, 2.45) is 5.92 Å². The summed E-state index contributed by atoms with van der Waals surface area (Å²) in [6, 6.07) is 12.4. The molecule has 3 heterocycles. The van der Waals surface area contributed by atoms with Crippen molar-refractivity contribution in [3.63, 3.8) is 0 Å². The molecule has 0 saturated carbocycles. The number of amides is 1. The van der Waals surface area contributed by atoms with Gasteiger partial charge in [-0.2, -0.15) is 0 Å². The summed E-state index contributed by atoms with van der Waals surface area (Å²) >= 11 is 0. The van der Waals surface area contributed by atoms with Gasteiger partial charge in [-0.25, -0.2) is 9.37 Å². The summed E-state index contributed by atoms with van der Waals surface area (Å²) in [6.07, 6.45) is 2.13. The van der Waals surface area contributed by atoms with Gasteiger partial charge in [0.15, 0.2) is 0 Å². The molecule has 2 fully saturated rings. The van der Waals surface area contributed by atoms with Gasteiger partial charge in [-0.05, 0) is 55.2 Å². The Morgan fingerprint density at radius 1 is 0.929 bits per heavy atom. The molecule has 6 heteroatoms. The van der Waals surface area contributed by atoms with Gasteiger partial charge in [0.05, 0.1) is 0 Å².